The predicted octanol–water partition coefficient (Wildman–Crippen LogP) is 6.06. The van der Waals surface area contributed by atoms with Crippen LogP contribution in [0.15, 0.2) is 53.8 Å². The number of guanidine groups is 1. The van der Waals surface area contributed by atoms with Gasteiger partial charge >= 0.3 is 6.18 Å². The van der Waals surface area contributed by atoms with E-state index in [1.54, 1.807) is 18.3 Å². The lowest BCUT2D eigenvalue weighted by Gasteiger charge is -2.18. The van der Waals surface area contributed by atoms with Crippen LogP contribution in [0.5, 0.6) is 0 Å². The molecule has 1 atom stereocenters. The number of anilines is 1. The van der Waals surface area contributed by atoms with Crippen molar-refractivity contribution in [2.45, 2.75) is 12.1 Å². The second kappa shape index (κ2) is 10.1. The number of hydrogen-bond donors (Lipinski definition) is 3. The minimum absolute atomic E-state index is 0.0244. The van der Waals surface area contributed by atoms with E-state index in [9.17, 15) is 13.2 Å². The molecular weight excluding hydrogens is 488 g/mol. The Kier molecular flexibility index (Phi) is 7.51. The first-order chi connectivity index (χ1) is 15.2. The van der Waals surface area contributed by atoms with Gasteiger partial charge in [0.1, 0.15) is 5.82 Å². The Hall–Kier alpha value is -2.93. The first-order valence-corrected chi connectivity index (χ1v) is 10.1. The fourth-order valence-electron chi connectivity index (χ4n) is 2.85. The quantitative estimate of drug-likeness (QED) is 0.172. The first kappa shape index (κ1) is 23.7. The van der Waals surface area contributed by atoms with Gasteiger partial charge in [0, 0.05) is 22.4 Å². The second-order valence-corrected chi connectivity index (χ2v) is 7.69. The summed E-state index contributed by atoms with van der Waals surface area (Å²) in [6.45, 7) is -0.0865. The third kappa shape index (κ3) is 5.85. The van der Waals surface area contributed by atoms with Crippen LogP contribution in [-0.4, -0.2) is 22.5 Å². The molecule has 0 aliphatic carbocycles. The summed E-state index contributed by atoms with van der Waals surface area (Å²) in [5.41, 5.74) is -0.246. The third-order valence-corrected chi connectivity index (χ3v) is 5.23. The average molecular weight is 502 g/mol. The largest absolute Gasteiger partial charge is 0.416 e. The predicted molar refractivity (Wildman–Crippen MR) is 118 cm³/mol. The van der Waals surface area contributed by atoms with Crippen LogP contribution >= 0.6 is 34.8 Å². The smallest absolute Gasteiger partial charge is 0.348 e. The second-order valence-electron chi connectivity index (χ2n) is 6.44. The van der Waals surface area contributed by atoms with Crippen LogP contribution in [0.25, 0.3) is 0 Å². The molecule has 1 unspecified atom stereocenters. The molecule has 1 aromatic heterocycles. The van der Waals surface area contributed by atoms with Gasteiger partial charge in [-0.15, -0.1) is 0 Å². The fourth-order valence-corrected chi connectivity index (χ4v) is 3.56. The molecule has 0 bridgehead atoms. The van der Waals surface area contributed by atoms with Crippen molar-refractivity contribution in [2.75, 3.05) is 11.9 Å². The van der Waals surface area contributed by atoms with E-state index in [0.29, 0.717) is 16.5 Å². The molecule has 0 spiro atoms. The lowest BCUT2D eigenvalue weighted by atomic mass is 9.96. The van der Waals surface area contributed by atoms with Crippen LogP contribution in [-0.2, 0) is 6.18 Å². The number of imidazole rings is 1. The average Bonchev–Trinajstić information content (AvgIpc) is 3.25. The summed E-state index contributed by atoms with van der Waals surface area (Å²) in [4.78, 5) is 11.3. The van der Waals surface area contributed by atoms with Crippen molar-refractivity contribution in [1.82, 2.24) is 15.3 Å². The van der Waals surface area contributed by atoms with E-state index in [0.717, 1.165) is 12.1 Å². The number of benzene rings is 2. The fraction of sp³-hybridized carbons (Fsp3) is 0.150. The van der Waals surface area contributed by atoms with Crippen molar-refractivity contribution < 1.29 is 13.2 Å². The first-order valence-electron chi connectivity index (χ1n) is 8.96. The van der Waals surface area contributed by atoms with Crippen LogP contribution in [0, 0.1) is 11.5 Å². The van der Waals surface area contributed by atoms with Crippen LogP contribution in [0.2, 0.25) is 15.1 Å². The Morgan fingerprint density at radius 1 is 1.16 bits per heavy atom. The molecule has 12 heteroatoms. The molecule has 3 rings (SSSR count). The van der Waals surface area contributed by atoms with Crippen LogP contribution in [0.3, 0.4) is 0 Å². The summed E-state index contributed by atoms with van der Waals surface area (Å²) in [6.07, 6.45) is 0.203. The van der Waals surface area contributed by atoms with Crippen LogP contribution in [0.1, 0.15) is 22.9 Å². The number of aromatic amines is 1. The summed E-state index contributed by atoms with van der Waals surface area (Å²) in [7, 11) is 0. The number of halogens is 6. The lowest BCUT2D eigenvalue weighted by Crippen LogP contribution is -2.28. The maximum atomic E-state index is 13.3. The highest BCUT2D eigenvalue weighted by Crippen LogP contribution is 2.36. The van der Waals surface area contributed by atoms with E-state index in [4.69, 9.17) is 40.1 Å². The number of nitriles is 1. The molecule has 0 radical (unpaired) electrons. The van der Waals surface area contributed by atoms with E-state index in [-0.39, 0.29) is 28.1 Å². The van der Waals surface area contributed by atoms with Crippen molar-refractivity contribution in [1.29, 1.82) is 5.26 Å². The Morgan fingerprint density at radius 3 is 2.56 bits per heavy atom. The van der Waals surface area contributed by atoms with Crippen molar-refractivity contribution in [3.63, 3.8) is 0 Å². The van der Waals surface area contributed by atoms with Crippen LogP contribution in [0.4, 0.5) is 18.9 Å². The zero-order valence-electron chi connectivity index (χ0n) is 16.0. The molecule has 6 nitrogen and oxygen atoms in total. The maximum absolute atomic E-state index is 13.3. The summed E-state index contributed by atoms with van der Waals surface area (Å²) >= 11 is 18.3. The molecule has 3 N–H and O–H groups in total. The van der Waals surface area contributed by atoms with Gasteiger partial charge < -0.3 is 10.3 Å². The van der Waals surface area contributed by atoms with Crippen molar-refractivity contribution in [2.24, 2.45) is 4.99 Å². The number of aromatic nitrogens is 2. The molecule has 0 amide bonds. The standard InChI is InChI=1S/C20H14Cl3F3N6/c21-12-2-4-17(16(23)8-12)32-19(31-10-27)30-9-14(18-28-5-6-29-18)13-7-11(20(24,25)26)1-3-15(13)22/h1-8,14H,9H2,(H,28,29)(H2,30,31,32). The summed E-state index contributed by atoms with van der Waals surface area (Å²) < 4.78 is 39.8. The molecule has 0 aliphatic heterocycles. The molecule has 0 fully saturated rings. The summed E-state index contributed by atoms with van der Waals surface area (Å²) in [5, 5.41) is 15.1. The topological polar surface area (TPSA) is 88.9 Å². The summed E-state index contributed by atoms with van der Waals surface area (Å²) in [6, 6.07) is 7.73. The molecule has 0 saturated heterocycles. The van der Waals surface area contributed by atoms with E-state index in [1.165, 1.54) is 24.5 Å². The Balaban J connectivity index is 1.97. The van der Waals surface area contributed by atoms with Gasteiger partial charge in [-0.05, 0) is 42.0 Å². The van der Waals surface area contributed by atoms with Crippen molar-refractivity contribution in [3.8, 4) is 6.19 Å². The number of nitrogens with one attached hydrogen (secondary N) is 3. The zero-order valence-corrected chi connectivity index (χ0v) is 18.3. The Bertz CT molecular complexity index is 1160. The molecule has 0 saturated carbocycles. The normalized spacial score (nSPS) is 12.8. The van der Waals surface area contributed by atoms with Crippen molar-refractivity contribution in [3.05, 3.63) is 80.8 Å². The third-order valence-electron chi connectivity index (χ3n) is 4.34. The number of alkyl halides is 3. The molecule has 1 heterocycles. The van der Waals surface area contributed by atoms with Gasteiger partial charge in [0.15, 0.2) is 6.19 Å². The van der Waals surface area contributed by atoms with Gasteiger partial charge in [-0.1, -0.05) is 34.8 Å². The van der Waals surface area contributed by atoms with Gasteiger partial charge in [0.25, 0.3) is 0 Å². The SMILES string of the molecule is N#CNC(=NCC(c1ncc[nH]1)c1cc(C(F)(F)F)ccc1Cl)Nc1ccc(Cl)cc1Cl. The van der Waals surface area contributed by atoms with E-state index >= 15 is 0 Å². The van der Waals surface area contributed by atoms with Gasteiger partial charge in [-0.3, -0.25) is 10.3 Å². The highest BCUT2D eigenvalue weighted by molar-refractivity contribution is 6.36. The monoisotopic (exact) mass is 500 g/mol. The minimum atomic E-state index is -4.54. The van der Waals surface area contributed by atoms with E-state index < -0.39 is 17.7 Å². The maximum Gasteiger partial charge on any atom is 0.416 e. The number of nitrogens with zero attached hydrogens (tertiary/aromatic N) is 3. The highest BCUT2D eigenvalue weighted by Gasteiger charge is 2.32. The highest BCUT2D eigenvalue weighted by atomic mass is 35.5. The molecule has 32 heavy (non-hydrogen) atoms. The van der Waals surface area contributed by atoms with Crippen LogP contribution < -0.4 is 10.6 Å². The van der Waals surface area contributed by atoms with Gasteiger partial charge in [-0.25, -0.2) is 4.98 Å². The molecule has 3 aromatic rings. The lowest BCUT2D eigenvalue weighted by molar-refractivity contribution is -0.137. The molecule has 0 aliphatic rings. The molecular formula is C20H14Cl3F3N6. The minimum Gasteiger partial charge on any atom is -0.348 e. The Morgan fingerprint density at radius 2 is 1.94 bits per heavy atom. The van der Waals surface area contributed by atoms with Gasteiger partial charge in [0.2, 0.25) is 5.96 Å². The summed E-state index contributed by atoms with van der Waals surface area (Å²) in [5.74, 6) is -0.370. The molecule has 2 aromatic carbocycles. The number of rotatable bonds is 5. The van der Waals surface area contributed by atoms with E-state index in [1.807, 2.05) is 0 Å². The van der Waals surface area contributed by atoms with Crippen molar-refractivity contribution >= 4 is 46.4 Å². The zero-order chi connectivity index (χ0) is 23.3. The van der Waals surface area contributed by atoms with Gasteiger partial charge in [-0.2, -0.15) is 18.4 Å². The Labute approximate surface area is 196 Å². The van der Waals surface area contributed by atoms with Gasteiger partial charge in [0.05, 0.1) is 28.7 Å². The van der Waals surface area contributed by atoms with E-state index in [2.05, 4.69) is 25.6 Å². The molecule has 166 valence electrons. The number of aliphatic imine (C=N–C) groups is 1. The number of hydrogen-bond acceptors (Lipinski definition) is 3. The number of H-pyrrole nitrogens is 1.